The van der Waals surface area contributed by atoms with Crippen molar-refractivity contribution in [1.29, 1.82) is 0 Å². The zero-order valence-electron chi connectivity index (χ0n) is 21.9. The van der Waals surface area contributed by atoms with Gasteiger partial charge in [0.2, 0.25) is 11.8 Å². The third kappa shape index (κ3) is 5.17. The molecule has 1 aliphatic carbocycles. The fourth-order valence-corrected chi connectivity index (χ4v) is 5.32. The SMILES string of the molecule is CN[C@@H]1CCc2ccc(C(=O)NCCNC(=O)COc3cccc4c3C(=O)N(C3CCC(=O)NC3=O)C4=O)cc21. The molecule has 2 aliphatic heterocycles. The highest BCUT2D eigenvalue weighted by molar-refractivity contribution is 6.24. The number of aryl methyl sites for hydroxylation is 1. The van der Waals surface area contributed by atoms with Gasteiger partial charge in [0, 0.05) is 31.1 Å². The molecule has 1 saturated heterocycles. The van der Waals surface area contributed by atoms with Gasteiger partial charge < -0.3 is 20.7 Å². The zero-order chi connectivity index (χ0) is 28.4. The van der Waals surface area contributed by atoms with E-state index in [2.05, 4.69) is 21.3 Å². The Morgan fingerprint density at radius 2 is 1.80 bits per heavy atom. The molecule has 12 nitrogen and oxygen atoms in total. The van der Waals surface area contributed by atoms with Crippen molar-refractivity contribution in [3.05, 3.63) is 64.2 Å². The minimum atomic E-state index is -1.10. The van der Waals surface area contributed by atoms with E-state index < -0.39 is 42.2 Å². The molecule has 5 rings (SSSR count). The summed E-state index contributed by atoms with van der Waals surface area (Å²) in [6.07, 6.45) is 2.02. The molecule has 6 amide bonds. The van der Waals surface area contributed by atoms with Crippen LogP contribution in [0.1, 0.15) is 67.5 Å². The predicted molar refractivity (Wildman–Crippen MR) is 141 cm³/mol. The van der Waals surface area contributed by atoms with E-state index in [9.17, 15) is 28.8 Å². The summed E-state index contributed by atoms with van der Waals surface area (Å²) < 4.78 is 5.56. The molecule has 2 aromatic carbocycles. The molecule has 0 spiro atoms. The number of ether oxygens (including phenoxy) is 1. The van der Waals surface area contributed by atoms with Crippen molar-refractivity contribution in [2.75, 3.05) is 26.7 Å². The Kier molecular flexibility index (Phi) is 7.60. The fraction of sp³-hybridized carbons (Fsp3) is 0.357. The van der Waals surface area contributed by atoms with Crippen LogP contribution in [0.2, 0.25) is 0 Å². The molecule has 1 fully saturated rings. The predicted octanol–water partition coefficient (Wildman–Crippen LogP) is 0.220. The highest BCUT2D eigenvalue weighted by Crippen LogP contribution is 2.34. The molecule has 1 unspecified atom stereocenters. The van der Waals surface area contributed by atoms with Gasteiger partial charge in [-0.1, -0.05) is 12.1 Å². The first-order valence-electron chi connectivity index (χ1n) is 13.1. The van der Waals surface area contributed by atoms with Gasteiger partial charge in [0.05, 0.1) is 11.1 Å². The lowest BCUT2D eigenvalue weighted by Crippen LogP contribution is -2.54. The number of imide groups is 2. The molecule has 0 saturated carbocycles. The van der Waals surface area contributed by atoms with Crippen LogP contribution in [0.4, 0.5) is 0 Å². The Labute approximate surface area is 229 Å². The van der Waals surface area contributed by atoms with Crippen molar-refractivity contribution < 1.29 is 33.5 Å². The van der Waals surface area contributed by atoms with Crippen LogP contribution in [-0.4, -0.2) is 73.1 Å². The van der Waals surface area contributed by atoms with E-state index >= 15 is 0 Å². The first-order chi connectivity index (χ1) is 19.3. The van der Waals surface area contributed by atoms with Crippen LogP contribution in [0.5, 0.6) is 5.75 Å². The van der Waals surface area contributed by atoms with Gasteiger partial charge in [0.15, 0.2) is 6.61 Å². The summed E-state index contributed by atoms with van der Waals surface area (Å²) in [5.74, 6) is -3.24. The van der Waals surface area contributed by atoms with E-state index in [1.54, 1.807) is 6.07 Å². The van der Waals surface area contributed by atoms with Crippen LogP contribution < -0.4 is 26.0 Å². The van der Waals surface area contributed by atoms with Gasteiger partial charge in [-0.05, 0) is 61.7 Å². The van der Waals surface area contributed by atoms with E-state index in [0.29, 0.717) is 5.56 Å². The number of hydrogen-bond acceptors (Lipinski definition) is 8. The highest BCUT2D eigenvalue weighted by Gasteiger charge is 2.46. The molecule has 3 aliphatic rings. The average molecular weight is 548 g/mol. The Hall–Kier alpha value is -4.58. The Balaban J connectivity index is 1.12. The first-order valence-corrected chi connectivity index (χ1v) is 13.1. The third-order valence-corrected chi connectivity index (χ3v) is 7.36. The number of rotatable bonds is 9. The van der Waals surface area contributed by atoms with E-state index in [0.717, 1.165) is 23.3 Å². The van der Waals surface area contributed by atoms with E-state index in [-0.39, 0.29) is 54.8 Å². The van der Waals surface area contributed by atoms with Crippen LogP contribution in [0, 0.1) is 0 Å². The molecule has 208 valence electrons. The Morgan fingerprint density at radius 1 is 1.00 bits per heavy atom. The molecular weight excluding hydrogens is 518 g/mol. The maximum atomic E-state index is 13.1. The number of benzene rings is 2. The number of nitrogens with zero attached hydrogens (tertiary/aromatic N) is 1. The summed E-state index contributed by atoms with van der Waals surface area (Å²) in [5, 5.41) is 10.8. The Bertz CT molecular complexity index is 1420. The maximum Gasteiger partial charge on any atom is 0.266 e. The van der Waals surface area contributed by atoms with E-state index in [4.69, 9.17) is 4.74 Å². The van der Waals surface area contributed by atoms with Crippen LogP contribution in [0.15, 0.2) is 36.4 Å². The minimum absolute atomic E-state index is 0.0118. The second kappa shape index (κ2) is 11.3. The first kappa shape index (κ1) is 27.0. The largest absolute Gasteiger partial charge is 0.483 e. The summed E-state index contributed by atoms with van der Waals surface area (Å²) in [4.78, 5) is 75.5. The molecule has 0 aromatic heterocycles. The van der Waals surface area contributed by atoms with Gasteiger partial charge in [-0.3, -0.25) is 39.0 Å². The molecule has 40 heavy (non-hydrogen) atoms. The van der Waals surface area contributed by atoms with Crippen LogP contribution in [0.3, 0.4) is 0 Å². The average Bonchev–Trinajstić information content (AvgIpc) is 3.47. The number of carbonyl (C=O) groups is 6. The topological polar surface area (TPSA) is 163 Å². The number of nitrogens with one attached hydrogen (secondary N) is 4. The third-order valence-electron chi connectivity index (χ3n) is 7.36. The molecule has 0 radical (unpaired) electrons. The smallest absolute Gasteiger partial charge is 0.266 e. The lowest BCUT2D eigenvalue weighted by Gasteiger charge is -2.27. The number of hydrogen-bond donors (Lipinski definition) is 4. The molecule has 2 atom stereocenters. The lowest BCUT2D eigenvalue weighted by atomic mass is 10.0. The lowest BCUT2D eigenvalue weighted by molar-refractivity contribution is -0.136. The van der Waals surface area contributed by atoms with Crippen molar-refractivity contribution >= 4 is 35.4 Å². The number of carbonyl (C=O) groups excluding carboxylic acids is 6. The molecule has 2 aromatic rings. The molecule has 2 heterocycles. The van der Waals surface area contributed by atoms with Crippen molar-refractivity contribution in [2.45, 2.75) is 37.8 Å². The number of piperidine rings is 1. The highest BCUT2D eigenvalue weighted by atomic mass is 16.5. The second-order valence-electron chi connectivity index (χ2n) is 9.81. The normalized spacial score (nSPS) is 19.7. The van der Waals surface area contributed by atoms with Gasteiger partial charge in [-0.2, -0.15) is 0 Å². The van der Waals surface area contributed by atoms with Gasteiger partial charge in [0.25, 0.3) is 23.6 Å². The second-order valence-corrected chi connectivity index (χ2v) is 9.81. The number of fused-ring (bicyclic) bond motifs is 2. The van der Waals surface area contributed by atoms with Crippen molar-refractivity contribution in [3.63, 3.8) is 0 Å². The van der Waals surface area contributed by atoms with E-state index in [1.807, 2.05) is 19.2 Å². The number of amides is 6. The fourth-order valence-electron chi connectivity index (χ4n) is 5.32. The summed E-state index contributed by atoms with van der Waals surface area (Å²) in [7, 11) is 1.90. The monoisotopic (exact) mass is 547 g/mol. The Morgan fingerprint density at radius 3 is 2.58 bits per heavy atom. The molecular formula is C28H29N5O7. The summed E-state index contributed by atoms with van der Waals surface area (Å²) in [5.41, 5.74) is 2.95. The standard InChI is InChI=1S/C28H29N5O7/c1-29-19-8-7-15-5-6-16(13-18(15)19)25(36)31-12-11-30-23(35)14-40-21-4-2-3-17-24(21)28(39)33(27(17)38)20-9-10-22(34)32-26(20)37/h2-6,13,19-20,29H,7-12,14H2,1H3,(H,30,35)(H,31,36)(H,32,34,37)/t19-,20?/m1/s1. The van der Waals surface area contributed by atoms with Crippen molar-refractivity contribution in [1.82, 2.24) is 26.2 Å². The molecule has 4 N–H and O–H groups in total. The zero-order valence-corrected chi connectivity index (χ0v) is 21.9. The minimum Gasteiger partial charge on any atom is -0.483 e. The van der Waals surface area contributed by atoms with E-state index in [1.165, 1.54) is 23.8 Å². The van der Waals surface area contributed by atoms with Crippen LogP contribution >= 0.6 is 0 Å². The molecule has 12 heteroatoms. The van der Waals surface area contributed by atoms with Gasteiger partial charge in [-0.15, -0.1) is 0 Å². The van der Waals surface area contributed by atoms with Gasteiger partial charge >= 0.3 is 0 Å². The van der Waals surface area contributed by atoms with Crippen LogP contribution in [-0.2, 0) is 20.8 Å². The van der Waals surface area contributed by atoms with Gasteiger partial charge in [-0.25, -0.2) is 0 Å². The van der Waals surface area contributed by atoms with Crippen LogP contribution in [0.25, 0.3) is 0 Å². The van der Waals surface area contributed by atoms with Crippen molar-refractivity contribution in [2.24, 2.45) is 0 Å². The maximum absolute atomic E-state index is 13.1. The summed E-state index contributed by atoms with van der Waals surface area (Å²) in [6, 6.07) is 9.22. The summed E-state index contributed by atoms with van der Waals surface area (Å²) in [6.45, 7) is -0.0715. The molecule has 0 bridgehead atoms. The summed E-state index contributed by atoms with van der Waals surface area (Å²) >= 11 is 0. The van der Waals surface area contributed by atoms with Crippen molar-refractivity contribution in [3.8, 4) is 5.75 Å². The quantitative estimate of drug-likeness (QED) is 0.256. The van der Waals surface area contributed by atoms with Gasteiger partial charge in [0.1, 0.15) is 11.8 Å².